The lowest BCUT2D eigenvalue weighted by atomic mass is 10.1. The second-order valence-electron chi connectivity index (χ2n) is 5.29. The van der Waals surface area contributed by atoms with E-state index in [1.165, 1.54) is 0 Å². The van der Waals surface area contributed by atoms with E-state index in [1.807, 2.05) is 54.2 Å². The van der Waals surface area contributed by atoms with Crippen LogP contribution in [0.1, 0.15) is 17.4 Å². The topological polar surface area (TPSA) is 75.5 Å². The number of methoxy groups -OCH3 is 1. The van der Waals surface area contributed by atoms with Gasteiger partial charge in [-0.25, -0.2) is 4.79 Å². The lowest BCUT2D eigenvalue weighted by Crippen LogP contribution is -2.38. The van der Waals surface area contributed by atoms with Crippen LogP contribution in [0, 0.1) is 0 Å². The van der Waals surface area contributed by atoms with E-state index in [0.29, 0.717) is 6.54 Å². The van der Waals surface area contributed by atoms with Crippen molar-refractivity contribution >= 4 is 6.03 Å². The van der Waals surface area contributed by atoms with Crippen LogP contribution in [0.15, 0.2) is 42.6 Å². The zero-order valence-electron chi connectivity index (χ0n) is 13.5. The summed E-state index contributed by atoms with van der Waals surface area (Å²) in [5.41, 5.74) is 1.89. The van der Waals surface area contributed by atoms with Gasteiger partial charge < -0.3 is 25.0 Å². The van der Waals surface area contributed by atoms with Crippen LogP contribution in [0.5, 0.6) is 5.75 Å². The summed E-state index contributed by atoms with van der Waals surface area (Å²) in [4.78, 5) is 11.7. The van der Waals surface area contributed by atoms with Gasteiger partial charge in [-0.1, -0.05) is 12.1 Å². The number of carbonyl (C=O) groups excluding carboxylic acids is 1. The zero-order chi connectivity index (χ0) is 16.7. The predicted molar refractivity (Wildman–Crippen MR) is 88.5 cm³/mol. The zero-order valence-corrected chi connectivity index (χ0v) is 13.5. The Morgan fingerprint density at radius 1 is 1.26 bits per heavy atom. The highest BCUT2D eigenvalue weighted by atomic mass is 16.5. The predicted octanol–water partition coefficient (Wildman–Crippen LogP) is 1.61. The minimum atomic E-state index is -0.720. The van der Waals surface area contributed by atoms with Crippen molar-refractivity contribution in [2.45, 2.75) is 12.5 Å². The van der Waals surface area contributed by atoms with Crippen LogP contribution >= 0.6 is 0 Å². The highest BCUT2D eigenvalue weighted by molar-refractivity contribution is 5.73. The molecule has 0 aliphatic rings. The summed E-state index contributed by atoms with van der Waals surface area (Å²) in [7, 11) is 3.48. The Morgan fingerprint density at radius 3 is 2.61 bits per heavy atom. The number of rotatable bonds is 7. The molecule has 6 nitrogen and oxygen atoms in total. The van der Waals surface area contributed by atoms with Crippen molar-refractivity contribution in [2.75, 3.05) is 20.2 Å². The van der Waals surface area contributed by atoms with Gasteiger partial charge in [0.2, 0.25) is 0 Å². The Kier molecular flexibility index (Phi) is 6.05. The number of nitrogens with one attached hydrogen (secondary N) is 2. The summed E-state index contributed by atoms with van der Waals surface area (Å²) >= 11 is 0. The van der Waals surface area contributed by atoms with E-state index in [0.717, 1.165) is 23.4 Å². The molecule has 1 heterocycles. The maximum absolute atomic E-state index is 11.7. The molecule has 0 aliphatic heterocycles. The van der Waals surface area contributed by atoms with Crippen molar-refractivity contribution in [2.24, 2.45) is 7.05 Å². The fourth-order valence-electron chi connectivity index (χ4n) is 2.29. The molecule has 2 amide bonds. The number of hydrogen-bond donors (Lipinski definition) is 3. The first-order valence-corrected chi connectivity index (χ1v) is 7.54. The van der Waals surface area contributed by atoms with Gasteiger partial charge in [0, 0.05) is 25.5 Å². The summed E-state index contributed by atoms with van der Waals surface area (Å²) in [6.07, 6.45) is 1.87. The number of aromatic nitrogens is 1. The number of aliphatic hydroxyl groups is 1. The molecule has 1 atom stereocenters. The lowest BCUT2D eigenvalue weighted by molar-refractivity contribution is 0.166. The van der Waals surface area contributed by atoms with Crippen molar-refractivity contribution in [1.82, 2.24) is 15.2 Å². The molecule has 1 aromatic carbocycles. The number of ether oxygens (including phenoxy) is 1. The average molecular weight is 317 g/mol. The fraction of sp³-hybridized carbons (Fsp3) is 0.353. The molecule has 124 valence electrons. The molecule has 2 aromatic rings. The Morgan fingerprint density at radius 2 is 2.00 bits per heavy atom. The van der Waals surface area contributed by atoms with E-state index >= 15 is 0 Å². The Balaban J connectivity index is 1.67. The third kappa shape index (κ3) is 5.03. The van der Waals surface area contributed by atoms with Gasteiger partial charge in [0.15, 0.2) is 0 Å². The quantitative estimate of drug-likeness (QED) is 0.726. The summed E-state index contributed by atoms with van der Waals surface area (Å²) in [5.74, 6) is 0.814. The van der Waals surface area contributed by atoms with Crippen LogP contribution in [-0.4, -0.2) is 35.9 Å². The first-order chi connectivity index (χ1) is 11.1. The molecular weight excluding hydrogens is 294 g/mol. The highest BCUT2D eigenvalue weighted by Gasteiger charge is 2.11. The summed E-state index contributed by atoms with van der Waals surface area (Å²) in [6.45, 7) is 0.699. The van der Waals surface area contributed by atoms with Crippen molar-refractivity contribution in [3.8, 4) is 5.75 Å². The van der Waals surface area contributed by atoms with Gasteiger partial charge >= 0.3 is 6.03 Å². The van der Waals surface area contributed by atoms with Crippen LogP contribution in [0.2, 0.25) is 0 Å². The maximum atomic E-state index is 11.7. The smallest absolute Gasteiger partial charge is 0.314 e. The maximum Gasteiger partial charge on any atom is 0.314 e. The summed E-state index contributed by atoms with van der Waals surface area (Å²) in [5, 5.41) is 15.5. The van der Waals surface area contributed by atoms with E-state index in [-0.39, 0.29) is 12.6 Å². The molecular formula is C17H23N3O3. The number of carbonyl (C=O) groups is 1. The van der Waals surface area contributed by atoms with Crippen molar-refractivity contribution in [3.63, 3.8) is 0 Å². The number of aliphatic hydroxyl groups excluding tert-OH is 1. The largest absolute Gasteiger partial charge is 0.497 e. The first kappa shape index (κ1) is 16.9. The minimum absolute atomic E-state index is 0.173. The van der Waals surface area contributed by atoms with Gasteiger partial charge in [-0.15, -0.1) is 0 Å². The van der Waals surface area contributed by atoms with Gasteiger partial charge in [-0.2, -0.15) is 0 Å². The number of urea groups is 1. The molecule has 0 fully saturated rings. The number of nitrogens with zero attached hydrogens (tertiary/aromatic N) is 1. The number of aryl methyl sites for hydroxylation is 1. The monoisotopic (exact) mass is 317 g/mol. The molecule has 0 aliphatic carbocycles. The first-order valence-electron chi connectivity index (χ1n) is 7.54. The molecule has 23 heavy (non-hydrogen) atoms. The van der Waals surface area contributed by atoms with E-state index in [9.17, 15) is 9.90 Å². The number of amides is 2. The van der Waals surface area contributed by atoms with Crippen LogP contribution in [-0.2, 0) is 13.5 Å². The van der Waals surface area contributed by atoms with E-state index in [4.69, 9.17) is 4.74 Å². The Labute approximate surface area is 136 Å². The molecule has 0 spiro atoms. The SMILES string of the molecule is COc1ccc(CCNC(=O)NC[C@@H](O)c2cccn2C)cc1. The summed E-state index contributed by atoms with van der Waals surface area (Å²) < 4.78 is 6.93. The highest BCUT2D eigenvalue weighted by Crippen LogP contribution is 2.12. The molecule has 0 saturated carbocycles. The van der Waals surface area contributed by atoms with Crippen molar-refractivity contribution in [3.05, 3.63) is 53.9 Å². The lowest BCUT2D eigenvalue weighted by Gasteiger charge is -2.13. The molecule has 0 unspecified atom stereocenters. The molecule has 3 N–H and O–H groups in total. The minimum Gasteiger partial charge on any atom is -0.497 e. The molecule has 0 bridgehead atoms. The third-order valence-corrected chi connectivity index (χ3v) is 3.64. The summed E-state index contributed by atoms with van der Waals surface area (Å²) in [6, 6.07) is 11.1. The van der Waals surface area contributed by atoms with Gasteiger partial charge in [0.25, 0.3) is 0 Å². The molecule has 6 heteroatoms. The molecule has 0 radical (unpaired) electrons. The second kappa shape index (κ2) is 8.24. The van der Waals surface area contributed by atoms with Gasteiger partial charge in [-0.3, -0.25) is 0 Å². The Bertz CT molecular complexity index is 622. The third-order valence-electron chi connectivity index (χ3n) is 3.64. The molecule has 0 saturated heterocycles. The van der Waals surface area contributed by atoms with Crippen LogP contribution in [0.4, 0.5) is 4.79 Å². The van der Waals surface area contributed by atoms with E-state index in [1.54, 1.807) is 7.11 Å². The van der Waals surface area contributed by atoms with Gasteiger partial charge in [0.05, 0.1) is 13.7 Å². The average Bonchev–Trinajstić information content (AvgIpc) is 2.99. The number of benzene rings is 1. The van der Waals surface area contributed by atoms with Crippen molar-refractivity contribution in [1.29, 1.82) is 0 Å². The molecule has 2 rings (SSSR count). The van der Waals surface area contributed by atoms with Crippen LogP contribution in [0.3, 0.4) is 0 Å². The standard InChI is InChI=1S/C17H23N3O3/c1-20-11-3-4-15(20)16(21)12-19-17(22)18-10-9-13-5-7-14(23-2)8-6-13/h3-8,11,16,21H,9-10,12H2,1-2H3,(H2,18,19,22)/t16-/m1/s1. The van der Waals surface area contributed by atoms with Crippen LogP contribution < -0.4 is 15.4 Å². The fourth-order valence-corrected chi connectivity index (χ4v) is 2.29. The number of hydrogen-bond acceptors (Lipinski definition) is 3. The normalized spacial score (nSPS) is 11.8. The van der Waals surface area contributed by atoms with E-state index < -0.39 is 6.10 Å². The van der Waals surface area contributed by atoms with Crippen molar-refractivity contribution < 1.29 is 14.6 Å². The van der Waals surface area contributed by atoms with Gasteiger partial charge in [0.1, 0.15) is 11.9 Å². The van der Waals surface area contributed by atoms with Crippen LogP contribution in [0.25, 0.3) is 0 Å². The van der Waals surface area contributed by atoms with Gasteiger partial charge in [-0.05, 0) is 36.2 Å². The van der Waals surface area contributed by atoms with E-state index in [2.05, 4.69) is 10.6 Å². The second-order valence-corrected chi connectivity index (χ2v) is 5.29. The molecule has 1 aromatic heterocycles. The Hall–Kier alpha value is -2.47.